The number of ether oxygens (including phenoxy) is 1. The minimum atomic E-state index is -0.00650. The van der Waals surface area contributed by atoms with Crippen LogP contribution in [-0.4, -0.2) is 46.3 Å². The fraction of sp³-hybridized carbons (Fsp3) is 0.450. The molecule has 1 atom stereocenters. The highest BCUT2D eigenvalue weighted by Gasteiger charge is 2.24. The molecule has 3 rings (SSSR count). The van der Waals surface area contributed by atoms with Gasteiger partial charge in [-0.15, -0.1) is 0 Å². The summed E-state index contributed by atoms with van der Waals surface area (Å²) in [5.74, 6) is 1.23. The summed E-state index contributed by atoms with van der Waals surface area (Å²) in [7, 11) is 1.59. The van der Waals surface area contributed by atoms with E-state index in [0.29, 0.717) is 11.5 Å². The summed E-state index contributed by atoms with van der Waals surface area (Å²) in [5.41, 5.74) is 0.621. The molecule has 26 heavy (non-hydrogen) atoms. The summed E-state index contributed by atoms with van der Waals surface area (Å²) < 4.78 is 7.16. The standard InChI is InChI=1S/C20H25N3O3/c1-26-18-6-4-17(5-7-18)19(24)8-9-20(25)23-11-2-3-16(14-23)13-22-12-10-21-15-22/h4-7,10,12,15-16H,2-3,8-9,11,13-14H2,1H3. The summed E-state index contributed by atoms with van der Waals surface area (Å²) in [6.07, 6.45) is 8.18. The predicted molar refractivity (Wildman–Crippen MR) is 98.1 cm³/mol. The van der Waals surface area contributed by atoms with Crippen LogP contribution in [0.2, 0.25) is 0 Å². The van der Waals surface area contributed by atoms with Gasteiger partial charge in [-0.1, -0.05) is 0 Å². The average molecular weight is 355 g/mol. The number of hydrogen-bond acceptors (Lipinski definition) is 4. The Bertz CT molecular complexity index is 725. The number of hydrogen-bond donors (Lipinski definition) is 0. The topological polar surface area (TPSA) is 64.4 Å². The summed E-state index contributed by atoms with van der Waals surface area (Å²) in [5, 5.41) is 0. The van der Waals surface area contributed by atoms with Crippen LogP contribution in [-0.2, 0) is 11.3 Å². The normalized spacial score (nSPS) is 17.1. The number of nitrogens with zero attached hydrogens (tertiary/aromatic N) is 3. The molecule has 6 heteroatoms. The Hall–Kier alpha value is -2.63. The van der Waals surface area contributed by atoms with Crippen LogP contribution >= 0.6 is 0 Å². The third-order valence-electron chi connectivity index (χ3n) is 4.88. The number of aromatic nitrogens is 2. The molecule has 1 saturated heterocycles. The van der Waals surface area contributed by atoms with Gasteiger partial charge in [0, 0.05) is 50.4 Å². The Morgan fingerprint density at radius 3 is 2.73 bits per heavy atom. The number of ketones is 1. The Morgan fingerprint density at radius 1 is 1.23 bits per heavy atom. The van der Waals surface area contributed by atoms with Crippen molar-refractivity contribution < 1.29 is 14.3 Å². The van der Waals surface area contributed by atoms with E-state index < -0.39 is 0 Å². The molecule has 0 bridgehead atoms. The second-order valence-corrected chi connectivity index (χ2v) is 6.76. The summed E-state index contributed by atoms with van der Waals surface area (Å²) in [4.78, 5) is 30.8. The van der Waals surface area contributed by atoms with Crippen molar-refractivity contribution in [1.82, 2.24) is 14.5 Å². The van der Waals surface area contributed by atoms with Gasteiger partial charge >= 0.3 is 0 Å². The van der Waals surface area contributed by atoms with Crippen molar-refractivity contribution >= 4 is 11.7 Å². The van der Waals surface area contributed by atoms with E-state index >= 15 is 0 Å². The monoisotopic (exact) mass is 355 g/mol. The molecule has 2 heterocycles. The van der Waals surface area contributed by atoms with E-state index in [0.717, 1.165) is 38.2 Å². The quantitative estimate of drug-likeness (QED) is 0.717. The zero-order chi connectivity index (χ0) is 18.4. The molecule has 1 unspecified atom stereocenters. The first-order chi connectivity index (χ1) is 12.7. The maximum Gasteiger partial charge on any atom is 0.223 e. The molecular weight excluding hydrogens is 330 g/mol. The van der Waals surface area contributed by atoms with Gasteiger partial charge in [-0.2, -0.15) is 0 Å². The highest BCUT2D eigenvalue weighted by molar-refractivity contribution is 5.98. The molecule has 1 amide bonds. The van der Waals surface area contributed by atoms with Crippen LogP contribution in [0.4, 0.5) is 0 Å². The van der Waals surface area contributed by atoms with E-state index in [-0.39, 0.29) is 24.5 Å². The molecule has 1 fully saturated rings. The lowest BCUT2D eigenvalue weighted by atomic mass is 9.97. The first kappa shape index (κ1) is 18.2. The zero-order valence-corrected chi connectivity index (χ0v) is 15.1. The van der Waals surface area contributed by atoms with Crippen LogP contribution in [0.3, 0.4) is 0 Å². The van der Waals surface area contributed by atoms with Gasteiger partial charge in [0.25, 0.3) is 0 Å². The molecule has 1 aliphatic heterocycles. The molecular formula is C20H25N3O3. The van der Waals surface area contributed by atoms with E-state index in [9.17, 15) is 9.59 Å². The number of carbonyl (C=O) groups excluding carboxylic acids is 2. The van der Waals surface area contributed by atoms with Gasteiger partial charge in [-0.05, 0) is 43.0 Å². The average Bonchev–Trinajstić information content (AvgIpc) is 3.19. The van der Waals surface area contributed by atoms with Gasteiger partial charge in [0.05, 0.1) is 13.4 Å². The highest BCUT2D eigenvalue weighted by Crippen LogP contribution is 2.20. The van der Waals surface area contributed by atoms with Crippen molar-refractivity contribution in [3.63, 3.8) is 0 Å². The molecule has 0 radical (unpaired) electrons. The summed E-state index contributed by atoms with van der Waals surface area (Å²) in [6, 6.07) is 7.02. The third kappa shape index (κ3) is 4.71. The van der Waals surface area contributed by atoms with Gasteiger partial charge in [-0.3, -0.25) is 9.59 Å². The number of Topliss-reactive ketones (excluding diaryl/α,β-unsaturated/α-hetero) is 1. The number of methoxy groups -OCH3 is 1. The van der Waals surface area contributed by atoms with Crippen LogP contribution in [0.15, 0.2) is 43.0 Å². The molecule has 6 nitrogen and oxygen atoms in total. The van der Waals surface area contributed by atoms with Crippen LogP contribution in [0.25, 0.3) is 0 Å². The molecule has 2 aromatic rings. The predicted octanol–water partition coefficient (Wildman–Crippen LogP) is 2.79. The molecule has 1 aromatic carbocycles. The Morgan fingerprint density at radius 2 is 2.04 bits per heavy atom. The van der Waals surface area contributed by atoms with E-state index in [2.05, 4.69) is 9.55 Å². The molecule has 1 aromatic heterocycles. The van der Waals surface area contributed by atoms with Gasteiger partial charge in [-0.25, -0.2) is 4.98 Å². The number of benzene rings is 1. The van der Waals surface area contributed by atoms with Crippen molar-refractivity contribution in [3.8, 4) is 5.75 Å². The van der Waals surface area contributed by atoms with Crippen molar-refractivity contribution in [2.75, 3.05) is 20.2 Å². The molecule has 0 saturated carbocycles. The second kappa shape index (κ2) is 8.65. The molecule has 0 spiro atoms. The largest absolute Gasteiger partial charge is 0.497 e. The minimum Gasteiger partial charge on any atom is -0.497 e. The van der Waals surface area contributed by atoms with E-state index in [1.54, 1.807) is 37.6 Å². The van der Waals surface area contributed by atoms with E-state index in [1.165, 1.54) is 0 Å². The van der Waals surface area contributed by atoms with Crippen molar-refractivity contribution in [2.45, 2.75) is 32.2 Å². The van der Waals surface area contributed by atoms with Crippen LogP contribution in [0, 0.1) is 5.92 Å². The van der Waals surface area contributed by atoms with Gasteiger partial charge < -0.3 is 14.2 Å². The maximum absolute atomic E-state index is 12.5. The van der Waals surface area contributed by atoms with Crippen molar-refractivity contribution in [1.29, 1.82) is 0 Å². The Labute approximate surface area is 153 Å². The minimum absolute atomic E-state index is 0.00650. The smallest absolute Gasteiger partial charge is 0.223 e. The summed E-state index contributed by atoms with van der Waals surface area (Å²) >= 11 is 0. The number of rotatable bonds is 7. The number of amides is 1. The van der Waals surface area contributed by atoms with Gasteiger partial charge in [0.1, 0.15) is 5.75 Å². The zero-order valence-electron chi connectivity index (χ0n) is 15.1. The molecule has 138 valence electrons. The first-order valence-electron chi connectivity index (χ1n) is 9.06. The SMILES string of the molecule is COc1ccc(C(=O)CCC(=O)N2CCCC(Cn3ccnc3)C2)cc1. The molecule has 0 N–H and O–H groups in total. The fourth-order valence-electron chi connectivity index (χ4n) is 3.43. The van der Waals surface area contributed by atoms with E-state index in [4.69, 9.17) is 4.74 Å². The van der Waals surface area contributed by atoms with E-state index in [1.807, 2.05) is 17.4 Å². The lowest BCUT2D eigenvalue weighted by molar-refractivity contribution is -0.133. The van der Waals surface area contributed by atoms with Crippen molar-refractivity contribution in [2.24, 2.45) is 5.92 Å². The maximum atomic E-state index is 12.5. The Kier molecular flexibility index (Phi) is 6.04. The van der Waals surface area contributed by atoms with Crippen LogP contribution in [0.1, 0.15) is 36.0 Å². The molecule has 1 aliphatic rings. The molecule has 0 aliphatic carbocycles. The number of piperidine rings is 1. The third-order valence-corrected chi connectivity index (χ3v) is 4.88. The van der Waals surface area contributed by atoms with Gasteiger partial charge in [0.2, 0.25) is 5.91 Å². The summed E-state index contributed by atoms with van der Waals surface area (Å²) in [6.45, 7) is 2.43. The first-order valence-corrected chi connectivity index (χ1v) is 9.06. The lowest BCUT2D eigenvalue weighted by Crippen LogP contribution is -2.41. The van der Waals surface area contributed by atoms with Crippen LogP contribution < -0.4 is 4.74 Å². The number of carbonyl (C=O) groups is 2. The van der Waals surface area contributed by atoms with Crippen molar-refractivity contribution in [3.05, 3.63) is 48.5 Å². The fourth-order valence-corrected chi connectivity index (χ4v) is 3.43. The number of imidazole rings is 1. The highest BCUT2D eigenvalue weighted by atomic mass is 16.5. The second-order valence-electron chi connectivity index (χ2n) is 6.76. The Balaban J connectivity index is 1.48. The number of likely N-dealkylation sites (tertiary alicyclic amines) is 1. The lowest BCUT2D eigenvalue weighted by Gasteiger charge is -2.33. The van der Waals surface area contributed by atoms with Gasteiger partial charge in [0.15, 0.2) is 5.78 Å². The van der Waals surface area contributed by atoms with Crippen LogP contribution in [0.5, 0.6) is 5.75 Å².